The molecule has 3 amide bonds. The molecular formula is C23H29N3O4. The Hall–Kier alpha value is -3.35. The first kappa shape index (κ1) is 22.9. The van der Waals surface area contributed by atoms with E-state index in [4.69, 9.17) is 4.74 Å². The Kier molecular flexibility index (Phi) is 8.87. The second kappa shape index (κ2) is 11.6. The number of nitrogens with one attached hydrogen (secondary N) is 3. The van der Waals surface area contributed by atoms with Gasteiger partial charge >= 0.3 is 0 Å². The Bertz CT molecular complexity index is 848. The van der Waals surface area contributed by atoms with Crippen LogP contribution in [0.15, 0.2) is 48.5 Å². The van der Waals surface area contributed by atoms with Crippen molar-refractivity contribution in [1.82, 2.24) is 10.9 Å². The van der Waals surface area contributed by atoms with E-state index in [2.05, 4.69) is 23.1 Å². The number of anilines is 1. The molecule has 7 nitrogen and oxygen atoms in total. The minimum Gasteiger partial charge on any atom is -0.481 e. The average molecular weight is 412 g/mol. The van der Waals surface area contributed by atoms with Crippen LogP contribution in [0.3, 0.4) is 0 Å². The number of hydrazine groups is 1. The third-order valence-corrected chi connectivity index (χ3v) is 4.50. The van der Waals surface area contributed by atoms with Gasteiger partial charge in [0.05, 0.1) is 0 Å². The monoisotopic (exact) mass is 411 g/mol. The van der Waals surface area contributed by atoms with Crippen LogP contribution >= 0.6 is 0 Å². The highest BCUT2D eigenvalue weighted by atomic mass is 16.5. The van der Waals surface area contributed by atoms with Crippen LogP contribution in [0, 0.1) is 0 Å². The molecule has 0 heterocycles. The Morgan fingerprint density at radius 2 is 1.60 bits per heavy atom. The largest absolute Gasteiger partial charge is 0.481 e. The Morgan fingerprint density at radius 3 is 2.20 bits per heavy atom. The highest BCUT2D eigenvalue weighted by molar-refractivity contribution is 5.97. The van der Waals surface area contributed by atoms with Gasteiger partial charge in [-0.25, -0.2) is 0 Å². The fourth-order valence-corrected chi connectivity index (χ4v) is 2.62. The summed E-state index contributed by atoms with van der Waals surface area (Å²) in [6, 6.07) is 13.9. The maximum Gasteiger partial charge on any atom is 0.279 e. The van der Waals surface area contributed by atoms with Crippen LogP contribution in [-0.4, -0.2) is 23.8 Å². The zero-order valence-electron chi connectivity index (χ0n) is 17.7. The zero-order valence-corrected chi connectivity index (χ0v) is 17.7. The van der Waals surface area contributed by atoms with Gasteiger partial charge in [0.25, 0.3) is 11.8 Å². The number of rotatable bonds is 9. The molecule has 0 fully saturated rings. The predicted molar refractivity (Wildman–Crippen MR) is 116 cm³/mol. The van der Waals surface area contributed by atoms with Gasteiger partial charge in [-0.1, -0.05) is 32.4 Å². The van der Waals surface area contributed by atoms with Crippen LogP contribution in [0.25, 0.3) is 0 Å². The van der Waals surface area contributed by atoms with Crippen molar-refractivity contribution in [2.75, 3.05) is 5.32 Å². The normalized spacial score (nSPS) is 11.3. The minimum absolute atomic E-state index is 0.0559. The number of hydrogen-bond acceptors (Lipinski definition) is 4. The van der Waals surface area contributed by atoms with E-state index >= 15 is 0 Å². The van der Waals surface area contributed by atoms with Crippen LogP contribution < -0.4 is 20.9 Å². The molecule has 0 saturated carbocycles. The molecule has 0 spiro atoms. The molecule has 1 atom stereocenters. The fraction of sp³-hybridized carbons (Fsp3) is 0.348. The summed E-state index contributed by atoms with van der Waals surface area (Å²) < 4.78 is 5.59. The summed E-state index contributed by atoms with van der Waals surface area (Å²) in [7, 11) is 0. The van der Waals surface area contributed by atoms with E-state index in [1.807, 2.05) is 31.2 Å². The number of ether oxygens (including phenoxy) is 1. The summed E-state index contributed by atoms with van der Waals surface area (Å²) in [6.45, 7) is 5.69. The van der Waals surface area contributed by atoms with E-state index in [0.717, 1.165) is 19.3 Å². The van der Waals surface area contributed by atoms with Crippen molar-refractivity contribution in [3.8, 4) is 5.75 Å². The number of amides is 3. The first-order valence-electron chi connectivity index (χ1n) is 10.2. The number of carbonyl (C=O) groups is 3. The van der Waals surface area contributed by atoms with Crippen molar-refractivity contribution < 1.29 is 19.1 Å². The van der Waals surface area contributed by atoms with Gasteiger partial charge in [-0.15, -0.1) is 0 Å². The van der Waals surface area contributed by atoms with Gasteiger partial charge in [-0.3, -0.25) is 25.2 Å². The molecule has 0 bridgehead atoms. The summed E-state index contributed by atoms with van der Waals surface area (Å²) in [5.74, 6) is -0.410. The van der Waals surface area contributed by atoms with Crippen LogP contribution in [0.5, 0.6) is 5.75 Å². The molecule has 2 aromatic rings. The van der Waals surface area contributed by atoms with Crippen LogP contribution in [0.2, 0.25) is 0 Å². The topological polar surface area (TPSA) is 96.5 Å². The second-order valence-electron chi connectivity index (χ2n) is 6.93. The van der Waals surface area contributed by atoms with E-state index in [1.54, 1.807) is 31.2 Å². The van der Waals surface area contributed by atoms with Gasteiger partial charge in [-0.05, 0) is 61.7 Å². The van der Waals surface area contributed by atoms with Crippen LogP contribution in [0.1, 0.15) is 56.0 Å². The summed E-state index contributed by atoms with van der Waals surface area (Å²) in [5.41, 5.74) is 6.88. The smallest absolute Gasteiger partial charge is 0.279 e. The van der Waals surface area contributed by atoms with Crippen molar-refractivity contribution >= 4 is 23.4 Å². The predicted octanol–water partition coefficient (Wildman–Crippen LogP) is 3.61. The molecule has 0 aromatic heterocycles. The highest BCUT2D eigenvalue weighted by Crippen LogP contribution is 2.14. The summed E-state index contributed by atoms with van der Waals surface area (Å²) >= 11 is 0. The molecule has 0 aliphatic rings. The fourth-order valence-electron chi connectivity index (χ4n) is 2.62. The SMILES string of the molecule is CCCCC(=O)Nc1ccc(C(=O)NNC(=O)C(C)Oc2ccc(CC)cc2)cc1. The van der Waals surface area contributed by atoms with Crippen molar-refractivity contribution in [2.24, 2.45) is 0 Å². The third kappa shape index (κ3) is 7.24. The number of aryl methyl sites for hydroxylation is 1. The minimum atomic E-state index is -0.779. The lowest BCUT2D eigenvalue weighted by Gasteiger charge is -2.15. The third-order valence-electron chi connectivity index (χ3n) is 4.50. The maximum atomic E-state index is 12.2. The van der Waals surface area contributed by atoms with E-state index in [-0.39, 0.29) is 5.91 Å². The number of benzene rings is 2. The van der Waals surface area contributed by atoms with Gasteiger partial charge in [0.15, 0.2) is 6.10 Å². The van der Waals surface area contributed by atoms with Crippen molar-refractivity contribution in [2.45, 2.75) is 52.6 Å². The Balaban J connectivity index is 1.80. The summed E-state index contributed by atoms with van der Waals surface area (Å²) in [6.07, 6.45) is 2.40. The molecule has 0 aliphatic carbocycles. The van der Waals surface area contributed by atoms with E-state index in [1.165, 1.54) is 5.56 Å². The first-order chi connectivity index (χ1) is 14.4. The molecule has 0 saturated heterocycles. The second-order valence-corrected chi connectivity index (χ2v) is 6.93. The molecule has 30 heavy (non-hydrogen) atoms. The van der Waals surface area contributed by atoms with E-state index in [0.29, 0.717) is 23.4 Å². The average Bonchev–Trinajstić information content (AvgIpc) is 2.76. The molecule has 2 rings (SSSR count). The van der Waals surface area contributed by atoms with Crippen molar-refractivity contribution in [3.63, 3.8) is 0 Å². The molecule has 0 aliphatic heterocycles. The lowest BCUT2D eigenvalue weighted by molar-refractivity contribution is -0.128. The van der Waals surface area contributed by atoms with Gasteiger partial charge in [0.1, 0.15) is 5.75 Å². The number of carbonyl (C=O) groups excluding carboxylic acids is 3. The molecule has 160 valence electrons. The molecule has 7 heteroatoms. The standard InChI is InChI=1S/C23H29N3O4/c1-4-6-7-21(27)24-19-12-10-18(11-13-19)23(29)26-25-22(28)16(3)30-20-14-8-17(5-2)9-15-20/h8-16H,4-7H2,1-3H3,(H,24,27)(H,25,28)(H,26,29). The Labute approximate surface area is 177 Å². The first-order valence-corrected chi connectivity index (χ1v) is 10.2. The molecule has 1 unspecified atom stereocenters. The lowest BCUT2D eigenvalue weighted by Crippen LogP contribution is -2.47. The Morgan fingerprint density at radius 1 is 0.933 bits per heavy atom. The van der Waals surface area contributed by atoms with Crippen molar-refractivity contribution in [3.05, 3.63) is 59.7 Å². The van der Waals surface area contributed by atoms with Crippen molar-refractivity contribution in [1.29, 1.82) is 0 Å². The number of hydrogen-bond donors (Lipinski definition) is 3. The molecule has 2 aromatic carbocycles. The summed E-state index contributed by atoms with van der Waals surface area (Å²) in [4.78, 5) is 36.1. The zero-order chi connectivity index (χ0) is 21.9. The quantitative estimate of drug-likeness (QED) is 0.549. The van der Waals surface area contributed by atoms with Crippen LogP contribution in [-0.2, 0) is 16.0 Å². The van der Waals surface area contributed by atoms with Gasteiger partial charge < -0.3 is 10.1 Å². The molecule has 3 N–H and O–H groups in total. The van der Waals surface area contributed by atoms with Gasteiger partial charge in [-0.2, -0.15) is 0 Å². The van der Waals surface area contributed by atoms with Gasteiger partial charge in [0.2, 0.25) is 5.91 Å². The molecular weight excluding hydrogens is 382 g/mol. The molecule has 0 radical (unpaired) electrons. The van der Waals surface area contributed by atoms with E-state index < -0.39 is 17.9 Å². The highest BCUT2D eigenvalue weighted by Gasteiger charge is 2.16. The van der Waals surface area contributed by atoms with Crippen LogP contribution in [0.4, 0.5) is 5.69 Å². The van der Waals surface area contributed by atoms with E-state index in [9.17, 15) is 14.4 Å². The lowest BCUT2D eigenvalue weighted by atomic mass is 10.2. The maximum absolute atomic E-state index is 12.2. The summed E-state index contributed by atoms with van der Waals surface area (Å²) in [5, 5.41) is 2.78. The van der Waals surface area contributed by atoms with Gasteiger partial charge in [0, 0.05) is 17.7 Å². The number of unbranched alkanes of at least 4 members (excludes halogenated alkanes) is 1.